The minimum absolute atomic E-state index is 0. The van der Waals surface area contributed by atoms with Crippen molar-refractivity contribution < 1.29 is 49.0 Å². The Balaban J connectivity index is 0.000000293. The second kappa shape index (κ2) is 15.1. The summed E-state index contributed by atoms with van der Waals surface area (Å²) in [6.45, 7) is 30.0. The third-order valence-corrected chi connectivity index (χ3v) is 10.9. The van der Waals surface area contributed by atoms with Gasteiger partial charge < -0.3 is 24.8 Å². The molecule has 7 rings (SSSR count). The Morgan fingerprint density at radius 1 is 0.680 bits per heavy atom. The van der Waals surface area contributed by atoms with E-state index in [4.69, 9.17) is 0 Å². The van der Waals surface area contributed by atoms with Gasteiger partial charge in [0.1, 0.15) is 0 Å². The number of hydrogen-bond donors (Lipinski definition) is 0. The molecule has 0 saturated carbocycles. The molecule has 0 saturated heterocycles. The Morgan fingerprint density at radius 3 is 1.68 bits per heavy atom. The van der Waals surface area contributed by atoms with Gasteiger partial charge in [-0.2, -0.15) is 17.2 Å². The quantitative estimate of drug-likeness (QED) is 0.191. The molecule has 0 heterocycles. The summed E-state index contributed by atoms with van der Waals surface area (Å²) in [5.41, 5.74) is 18.0. The van der Waals surface area contributed by atoms with Gasteiger partial charge in [-0.1, -0.05) is 119 Å². The SMILES string of the molecule is CC(C)(C)C1=CC[C-]=C1.CC(C)(C)C1=[C-]C(C)(C)c2cc3c(cc21)-c1cc2c(cc1C3)C(C)(C)C=C2C(C)(C)C.[Cl-].[Cl-].[Zr+2]=[CH]c1ccccc1. The summed E-state index contributed by atoms with van der Waals surface area (Å²) < 4.78 is 2.17. The summed E-state index contributed by atoms with van der Waals surface area (Å²) in [5, 5.41) is 0. The molecule has 50 heavy (non-hydrogen) atoms. The first-order valence-electron chi connectivity index (χ1n) is 17.7. The topological polar surface area (TPSA) is 0 Å². The second-order valence-electron chi connectivity index (χ2n) is 18.2. The van der Waals surface area contributed by atoms with Gasteiger partial charge in [0.2, 0.25) is 0 Å². The Labute approximate surface area is 332 Å². The van der Waals surface area contributed by atoms with Crippen molar-refractivity contribution >= 4 is 14.9 Å². The van der Waals surface area contributed by atoms with Crippen LogP contribution in [0, 0.1) is 28.4 Å². The molecule has 3 aromatic carbocycles. The molecule has 0 aliphatic heterocycles. The fourth-order valence-corrected chi connectivity index (χ4v) is 7.89. The van der Waals surface area contributed by atoms with Gasteiger partial charge in [-0.25, -0.2) is 11.6 Å². The van der Waals surface area contributed by atoms with Crippen LogP contribution in [0.2, 0.25) is 0 Å². The van der Waals surface area contributed by atoms with Crippen molar-refractivity contribution in [1.29, 1.82) is 0 Å². The van der Waals surface area contributed by atoms with E-state index in [9.17, 15) is 0 Å². The van der Waals surface area contributed by atoms with Gasteiger partial charge in [-0.3, -0.25) is 12.2 Å². The molecule has 0 aromatic heterocycles. The first-order valence-corrected chi connectivity index (χ1v) is 19.1. The van der Waals surface area contributed by atoms with E-state index in [1.807, 2.05) is 6.07 Å². The molecule has 3 aromatic rings. The van der Waals surface area contributed by atoms with Gasteiger partial charge in [-0.15, -0.1) is 18.1 Å². The third-order valence-electron chi connectivity index (χ3n) is 10.1. The summed E-state index contributed by atoms with van der Waals surface area (Å²) in [7, 11) is 0. The first kappa shape index (κ1) is 42.4. The molecule has 0 bridgehead atoms. The predicted molar refractivity (Wildman–Crippen MR) is 206 cm³/mol. The molecule has 0 atom stereocenters. The monoisotopic (exact) mass is 780 g/mol. The molecular weight excluding hydrogens is 727 g/mol. The Hall–Kier alpha value is -2.05. The Bertz CT molecular complexity index is 1760. The Morgan fingerprint density at radius 2 is 1.24 bits per heavy atom. The van der Waals surface area contributed by atoms with Gasteiger partial charge in [0.05, 0.1) is 0 Å². The van der Waals surface area contributed by atoms with E-state index in [0.717, 1.165) is 12.8 Å². The standard InChI is InChI=1S/C31H37.C9H13.C7H6.2ClH.Zr/c1-28(2,3)26-16-30(7,8)24-12-18-11-19-13-25-23(15-21(19)20(18)14-22(24)26)27(29(4,5)6)17-31(25,9)10;1-9(2,3)8-6-4-5-7-8;1-7-5-3-2-4-6-7;;;/h12-16H,11H2,1-10H3;6-7H,4H2,1-3H3;1-6H;2*1H;/q2*-1;;;;+2/p-2. The molecule has 4 aliphatic carbocycles. The van der Waals surface area contributed by atoms with Gasteiger partial charge in [-0.05, 0) is 62.3 Å². The van der Waals surface area contributed by atoms with Crippen LogP contribution in [0.1, 0.15) is 135 Å². The molecule has 0 radical (unpaired) electrons. The number of halogens is 2. The molecule has 0 amide bonds. The number of allylic oxidation sites excluding steroid dienone is 8. The maximum absolute atomic E-state index is 3.85. The maximum atomic E-state index is 3.85. The van der Waals surface area contributed by atoms with E-state index in [0.29, 0.717) is 5.41 Å². The van der Waals surface area contributed by atoms with E-state index in [1.54, 1.807) is 0 Å². The van der Waals surface area contributed by atoms with E-state index in [1.165, 1.54) is 91.0 Å². The van der Waals surface area contributed by atoms with E-state index in [2.05, 4.69) is 173 Å². The zero-order chi connectivity index (χ0) is 35.4. The van der Waals surface area contributed by atoms with Crippen LogP contribution < -0.4 is 24.8 Å². The van der Waals surface area contributed by atoms with Crippen LogP contribution in [-0.2, 0) is 41.5 Å². The van der Waals surface area contributed by atoms with Crippen molar-refractivity contribution in [1.82, 2.24) is 0 Å². The third kappa shape index (κ3) is 8.76. The van der Waals surface area contributed by atoms with Crippen LogP contribution in [0.15, 0.2) is 78.4 Å². The zero-order valence-corrected chi connectivity index (χ0v) is 36.6. The molecule has 0 spiro atoms. The first-order chi connectivity index (χ1) is 22.1. The van der Waals surface area contributed by atoms with Gasteiger partial charge in [0, 0.05) is 5.41 Å². The van der Waals surface area contributed by atoms with Crippen molar-refractivity contribution in [3.05, 3.63) is 129 Å². The van der Waals surface area contributed by atoms with Crippen molar-refractivity contribution in [2.75, 3.05) is 0 Å². The molecule has 0 nitrogen and oxygen atoms in total. The number of hydrogen-bond acceptors (Lipinski definition) is 0. The minimum atomic E-state index is -0.0202. The van der Waals surface area contributed by atoms with Crippen LogP contribution in [0.5, 0.6) is 0 Å². The zero-order valence-electron chi connectivity index (χ0n) is 32.7. The van der Waals surface area contributed by atoms with Crippen LogP contribution in [0.4, 0.5) is 0 Å². The van der Waals surface area contributed by atoms with Crippen molar-refractivity contribution in [2.24, 2.45) is 16.2 Å². The molecule has 264 valence electrons. The molecule has 3 heteroatoms. The Kier molecular flexibility index (Phi) is 12.8. The van der Waals surface area contributed by atoms with Crippen LogP contribution in [0.25, 0.3) is 22.3 Å². The summed E-state index contributed by atoms with van der Waals surface area (Å²) in [6.07, 6.45) is 15.9. The van der Waals surface area contributed by atoms with Gasteiger partial charge in [0.15, 0.2) is 0 Å². The normalized spacial score (nSPS) is 17.1. The van der Waals surface area contributed by atoms with Crippen molar-refractivity contribution in [2.45, 2.75) is 114 Å². The molecule has 4 aliphatic rings. The van der Waals surface area contributed by atoms with Crippen LogP contribution in [-0.4, -0.2) is 3.71 Å². The summed E-state index contributed by atoms with van der Waals surface area (Å²) in [4.78, 5) is 0. The fraction of sp³-hybridized carbons (Fsp3) is 0.426. The van der Waals surface area contributed by atoms with E-state index < -0.39 is 0 Å². The van der Waals surface area contributed by atoms with Gasteiger partial charge >= 0.3 is 63.8 Å². The molecule has 0 N–H and O–H groups in total. The summed E-state index contributed by atoms with van der Waals surface area (Å²) in [5.74, 6) is 0. The second-order valence-corrected chi connectivity index (χ2v) is 18.9. The van der Waals surface area contributed by atoms with E-state index in [-0.39, 0.29) is 46.5 Å². The molecule has 0 fully saturated rings. The average molecular weight is 783 g/mol. The molecular formula is C47H56Cl2Zr-2. The number of fused-ring (bicyclic) bond motifs is 5. The predicted octanol–water partition coefficient (Wildman–Crippen LogP) is 6.62. The van der Waals surface area contributed by atoms with Crippen LogP contribution >= 0.6 is 0 Å². The number of rotatable bonds is 1. The summed E-state index contributed by atoms with van der Waals surface area (Å²) in [6, 6.07) is 20.4. The average Bonchev–Trinajstić information content (AvgIpc) is 3.76. The summed E-state index contributed by atoms with van der Waals surface area (Å²) >= 11 is 1.46. The van der Waals surface area contributed by atoms with Crippen LogP contribution in [0.3, 0.4) is 0 Å². The van der Waals surface area contributed by atoms with E-state index >= 15 is 0 Å². The fourth-order valence-electron chi connectivity index (χ4n) is 7.41. The molecule has 0 unspecified atom stereocenters. The van der Waals surface area contributed by atoms with Crippen molar-refractivity contribution in [3.63, 3.8) is 0 Å². The van der Waals surface area contributed by atoms with Crippen molar-refractivity contribution in [3.8, 4) is 11.1 Å². The number of benzene rings is 3. The van der Waals surface area contributed by atoms with Gasteiger partial charge in [0.25, 0.3) is 0 Å².